The zero-order valence-corrected chi connectivity index (χ0v) is 2.85. The Balaban J connectivity index is 2.51. The molecule has 0 bridgehead atoms. The molecule has 0 aromatic rings. The third-order valence-corrected chi connectivity index (χ3v) is 0.682. The summed E-state index contributed by atoms with van der Waals surface area (Å²) in [5.41, 5.74) is 0. The zero-order chi connectivity index (χ0) is 3.70. The predicted molar refractivity (Wildman–Crippen MR) is 19.2 cm³/mol. The number of rotatable bonds is 0. The normalized spacial score (nSPS) is 20.4. The molecule has 1 heterocycles. The highest BCUT2D eigenvalue weighted by Crippen LogP contribution is 1.85. The second kappa shape index (κ2) is 0.708. The van der Waals surface area contributed by atoms with Gasteiger partial charge in [-0.25, -0.2) is 4.74 Å². The fourth-order valence-corrected chi connectivity index (χ4v) is 0.235. The highest BCUT2D eigenvalue weighted by atomic mass is 16.5. The van der Waals surface area contributed by atoms with Crippen LogP contribution in [0.4, 0.5) is 0 Å². The zero-order valence-electron chi connectivity index (χ0n) is 2.85. The van der Waals surface area contributed by atoms with E-state index in [9.17, 15) is 5.21 Å². The van der Waals surface area contributed by atoms with E-state index in [1.165, 1.54) is 0 Å². The summed E-state index contributed by atoms with van der Waals surface area (Å²) in [6, 6.07) is 0. The molecule has 1 aliphatic heterocycles. The van der Waals surface area contributed by atoms with Crippen molar-refractivity contribution in [3.05, 3.63) is 5.21 Å². The van der Waals surface area contributed by atoms with Crippen LogP contribution in [0.5, 0.6) is 0 Å². The lowest BCUT2D eigenvalue weighted by molar-refractivity contribution is -0.477. The van der Waals surface area contributed by atoms with Crippen molar-refractivity contribution in [1.29, 1.82) is 0 Å². The van der Waals surface area contributed by atoms with Gasteiger partial charge in [0.25, 0.3) is 0 Å². The van der Waals surface area contributed by atoms with E-state index in [4.69, 9.17) is 0 Å². The maximum Gasteiger partial charge on any atom is 0.162 e. The van der Waals surface area contributed by atoms with E-state index in [0.717, 1.165) is 11.2 Å². The van der Waals surface area contributed by atoms with Crippen LogP contribution in [0.25, 0.3) is 0 Å². The first-order chi connectivity index (χ1) is 2.39. The van der Waals surface area contributed by atoms with Gasteiger partial charge in [-0.2, -0.15) is 0 Å². The highest BCUT2D eigenvalue weighted by Gasteiger charge is 2.01. The van der Waals surface area contributed by atoms with Crippen molar-refractivity contribution in [3.63, 3.8) is 0 Å². The molecule has 2 nitrogen and oxygen atoms in total. The Morgan fingerprint density at radius 2 is 2.20 bits per heavy atom. The van der Waals surface area contributed by atoms with E-state index >= 15 is 0 Å². The quantitative estimate of drug-likeness (QED) is 0.291. The number of hydroxylamine groups is 1. The minimum absolute atomic E-state index is 0.708. The van der Waals surface area contributed by atoms with Gasteiger partial charge in [0.05, 0.1) is 6.42 Å². The summed E-state index contributed by atoms with van der Waals surface area (Å²) in [4.78, 5) is 0. The van der Waals surface area contributed by atoms with E-state index < -0.39 is 0 Å². The van der Waals surface area contributed by atoms with Gasteiger partial charge in [0, 0.05) is 0 Å². The molecule has 0 aliphatic carbocycles. The molecule has 0 radical (unpaired) electrons. The van der Waals surface area contributed by atoms with Crippen molar-refractivity contribution >= 4 is 6.21 Å². The topological polar surface area (TPSA) is 26.1 Å². The van der Waals surface area contributed by atoms with Crippen LogP contribution in [0.3, 0.4) is 0 Å². The molecule has 0 amide bonds. The average molecular weight is 71.1 g/mol. The first kappa shape index (κ1) is 2.69. The largest absolute Gasteiger partial charge is 0.624 e. The van der Waals surface area contributed by atoms with Gasteiger partial charge in [-0.3, -0.25) is 0 Å². The Labute approximate surface area is 30.3 Å². The van der Waals surface area contributed by atoms with E-state index in [1.54, 1.807) is 6.21 Å². The highest BCUT2D eigenvalue weighted by molar-refractivity contribution is 5.54. The lowest BCUT2D eigenvalue weighted by Crippen LogP contribution is -2.17. The summed E-state index contributed by atoms with van der Waals surface area (Å²) in [6.45, 7) is 0.708. The maximum absolute atomic E-state index is 9.76. The van der Waals surface area contributed by atoms with Gasteiger partial charge in [-0.1, -0.05) is 0 Å². The van der Waals surface area contributed by atoms with Crippen molar-refractivity contribution in [3.8, 4) is 0 Å². The van der Waals surface area contributed by atoms with Crippen LogP contribution in [0, 0.1) is 5.21 Å². The molecule has 0 aromatic heterocycles. The lowest BCUT2D eigenvalue weighted by atomic mass is 10.4. The number of hydrogen-bond acceptors (Lipinski definition) is 1. The van der Waals surface area contributed by atoms with Gasteiger partial charge < -0.3 is 5.21 Å². The molecular formula is C3H5NO. The van der Waals surface area contributed by atoms with Gasteiger partial charge in [-0.05, 0) is 0 Å². The Morgan fingerprint density at radius 1 is 1.80 bits per heavy atom. The maximum atomic E-state index is 9.76. The standard InChI is InChI=1S/C3H5NO/c5-4-2-1-3-4/h2H,1,3H2. The Kier molecular flexibility index (Phi) is 0.381. The van der Waals surface area contributed by atoms with Gasteiger partial charge >= 0.3 is 0 Å². The smallest absolute Gasteiger partial charge is 0.162 e. The van der Waals surface area contributed by atoms with Crippen molar-refractivity contribution in [2.75, 3.05) is 6.54 Å². The summed E-state index contributed by atoms with van der Waals surface area (Å²) in [5, 5.41) is 9.76. The van der Waals surface area contributed by atoms with Crippen LogP contribution < -0.4 is 0 Å². The van der Waals surface area contributed by atoms with Gasteiger partial charge in [0.1, 0.15) is 0 Å². The molecule has 0 N–H and O–H groups in total. The van der Waals surface area contributed by atoms with Crippen LogP contribution in [-0.4, -0.2) is 17.5 Å². The summed E-state index contributed by atoms with van der Waals surface area (Å²) in [7, 11) is 0. The molecule has 0 unspecified atom stereocenters. The molecule has 0 aromatic carbocycles. The van der Waals surface area contributed by atoms with Gasteiger partial charge in [-0.15, -0.1) is 0 Å². The first-order valence-corrected chi connectivity index (χ1v) is 1.67. The van der Waals surface area contributed by atoms with Crippen LogP contribution in [0.2, 0.25) is 0 Å². The predicted octanol–water partition coefficient (Wildman–Crippen LogP) is -0.0288. The Bertz CT molecular complexity index is 67.3. The van der Waals surface area contributed by atoms with Crippen LogP contribution in [0.1, 0.15) is 6.42 Å². The van der Waals surface area contributed by atoms with Crippen molar-refractivity contribution in [2.45, 2.75) is 6.42 Å². The number of hydrogen-bond donors (Lipinski definition) is 0. The second-order valence-corrected chi connectivity index (χ2v) is 1.11. The lowest BCUT2D eigenvalue weighted by Gasteiger charge is -2.06. The summed E-state index contributed by atoms with van der Waals surface area (Å²) in [5.74, 6) is 0. The van der Waals surface area contributed by atoms with E-state index in [1.807, 2.05) is 0 Å². The first-order valence-electron chi connectivity index (χ1n) is 1.67. The third-order valence-electron chi connectivity index (χ3n) is 0.682. The van der Waals surface area contributed by atoms with E-state index in [2.05, 4.69) is 0 Å². The van der Waals surface area contributed by atoms with Crippen LogP contribution in [-0.2, 0) is 0 Å². The molecule has 1 aliphatic rings. The van der Waals surface area contributed by atoms with E-state index in [-0.39, 0.29) is 0 Å². The molecule has 0 spiro atoms. The second-order valence-electron chi connectivity index (χ2n) is 1.11. The van der Waals surface area contributed by atoms with Crippen LogP contribution >= 0.6 is 0 Å². The molecular weight excluding hydrogens is 66.0 g/mol. The summed E-state index contributed by atoms with van der Waals surface area (Å²) < 4.78 is 0.931. The molecule has 28 valence electrons. The number of nitrogens with zero attached hydrogens (tertiary/aromatic N) is 1. The van der Waals surface area contributed by atoms with Gasteiger partial charge in [0.2, 0.25) is 0 Å². The third kappa shape index (κ3) is 0.251. The minimum Gasteiger partial charge on any atom is -0.624 e. The van der Waals surface area contributed by atoms with Crippen molar-refractivity contribution in [2.24, 2.45) is 0 Å². The van der Waals surface area contributed by atoms with Crippen molar-refractivity contribution < 1.29 is 4.74 Å². The molecule has 5 heavy (non-hydrogen) atoms. The fraction of sp³-hybridized carbons (Fsp3) is 0.667. The molecule has 0 atom stereocenters. The van der Waals surface area contributed by atoms with Gasteiger partial charge in [0.15, 0.2) is 12.8 Å². The van der Waals surface area contributed by atoms with Crippen LogP contribution in [0.15, 0.2) is 0 Å². The van der Waals surface area contributed by atoms with Crippen molar-refractivity contribution in [1.82, 2.24) is 0 Å². The molecule has 2 heteroatoms. The molecule has 0 saturated carbocycles. The summed E-state index contributed by atoms with van der Waals surface area (Å²) in [6.07, 6.45) is 2.60. The SMILES string of the molecule is [O-][N+]1=CCC1. The Hall–Kier alpha value is -0.530. The minimum atomic E-state index is 0.708. The monoisotopic (exact) mass is 71.0 g/mol. The molecule has 1 rings (SSSR count). The molecule has 0 fully saturated rings. The summed E-state index contributed by atoms with van der Waals surface area (Å²) >= 11 is 0. The Morgan fingerprint density at radius 3 is 2.20 bits per heavy atom. The molecule has 0 saturated heterocycles. The fourth-order valence-electron chi connectivity index (χ4n) is 0.235. The van der Waals surface area contributed by atoms with E-state index in [0.29, 0.717) is 6.54 Å². The average Bonchev–Trinajstić information content (AvgIpc) is 1.30.